The molecule has 38 heavy (non-hydrogen) atoms. The Hall–Kier alpha value is -2.86. The Bertz CT molecular complexity index is 861. The van der Waals surface area contributed by atoms with E-state index in [9.17, 15) is 19.2 Å². The van der Waals surface area contributed by atoms with Gasteiger partial charge in [-0.15, -0.1) is 0 Å². The van der Waals surface area contributed by atoms with Gasteiger partial charge < -0.3 is 31.3 Å². The van der Waals surface area contributed by atoms with Crippen molar-refractivity contribution in [3.8, 4) is 0 Å². The van der Waals surface area contributed by atoms with Gasteiger partial charge in [0, 0.05) is 42.0 Å². The van der Waals surface area contributed by atoms with E-state index in [2.05, 4.69) is 36.6 Å². The van der Waals surface area contributed by atoms with E-state index in [4.69, 9.17) is 10.3 Å². The zero-order chi connectivity index (χ0) is 28.0. The second kappa shape index (κ2) is 16.2. The van der Waals surface area contributed by atoms with Gasteiger partial charge in [0.2, 0.25) is 11.8 Å². The molecule has 214 valence electrons. The molecule has 2 aliphatic heterocycles. The summed E-state index contributed by atoms with van der Waals surface area (Å²) in [6.07, 6.45) is 4.48. The molecule has 0 aromatic rings. The summed E-state index contributed by atoms with van der Waals surface area (Å²) in [5.41, 5.74) is 7.79. The van der Waals surface area contributed by atoms with Crippen LogP contribution in [-0.4, -0.2) is 78.3 Å². The summed E-state index contributed by atoms with van der Waals surface area (Å²) in [6.45, 7) is 6.41. The minimum atomic E-state index is -0.686. The minimum absolute atomic E-state index is 0.104. The second-order valence-electron chi connectivity index (χ2n) is 10.5. The molecule has 0 bridgehead atoms. The fraction of sp³-hybridized carbons (Fsp3) is 0.833. The number of unbranched alkanes of at least 4 members (excludes halogenated alkanes) is 2. The molecule has 2 fully saturated rings. The smallest absolute Gasteiger partial charge is 0.407 e. The zero-order valence-electron chi connectivity index (χ0n) is 22.6. The molecule has 2 heterocycles. The van der Waals surface area contributed by atoms with Crippen LogP contribution in [0.2, 0.25) is 0 Å². The molecule has 4 atom stereocenters. The number of rotatable bonds is 16. The molecule has 0 spiro atoms. The first-order valence-electron chi connectivity index (χ1n) is 13.3. The van der Waals surface area contributed by atoms with E-state index in [-0.39, 0.29) is 36.5 Å². The lowest BCUT2D eigenvalue weighted by atomic mass is 10.0. The first kappa shape index (κ1) is 31.4. The lowest BCUT2D eigenvalue weighted by Crippen LogP contribution is -2.47. The Kier molecular flexibility index (Phi) is 13.4. The van der Waals surface area contributed by atoms with Gasteiger partial charge in [-0.05, 0) is 64.8 Å². The SMILES string of the molecule is CC(C)(C)OC(=O)NCCCC[C@H](NC(=O)CCCC[C@@H]1SC[C@@H]2NC(=O)N[C@@H]21)C(=O)NCCCN=[N+]=[N-]. The van der Waals surface area contributed by atoms with Crippen LogP contribution in [0.25, 0.3) is 10.4 Å². The van der Waals surface area contributed by atoms with Gasteiger partial charge in [-0.3, -0.25) is 9.59 Å². The predicted molar refractivity (Wildman–Crippen MR) is 146 cm³/mol. The fourth-order valence-electron chi connectivity index (χ4n) is 4.32. The Morgan fingerprint density at radius 2 is 1.89 bits per heavy atom. The maximum atomic E-state index is 12.7. The van der Waals surface area contributed by atoms with E-state index in [1.165, 1.54) is 0 Å². The number of nitrogens with zero attached hydrogens (tertiary/aromatic N) is 3. The number of thioether (sulfide) groups is 1. The van der Waals surface area contributed by atoms with Gasteiger partial charge in [0.25, 0.3) is 0 Å². The third kappa shape index (κ3) is 12.1. The van der Waals surface area contributed by atoms with Crippen molar-refractivity contribution in [1.82, 2.24) is 26.6 Å². The molecule has 0 radical (unpaired) electrons. The average Bonchev–Trinajstić information content (AvgIpc) is 3.38. The number of alkyl carbamates (subject to hydrolysis) is 1. The van der Waals surface area contributed by atoms with Crippen molar-refractivity contribution in [2.45, 2.75) is 101 Å². The van der Waals surface area contributed by atoms with Gasteiger partial charge in [0.05, 0.1) is 12.1 Å². The van der Waals surface area contributed by atoms with E-state index in [0.717, 1.165) is 18.6 Å². The van der Waals surface area contributed by atoms with Crippen molar-refractivity contribution in [2.24, 2.45) is 5.11 Å². The summed E-state index contributed by atoms with van der Waals surface area (Å²) in [5, 5.41) is 18.0. The van der Waals surface area contributed by atoms with E-state index in [1.54, 1.807) is 20.8 Å². The molecule has 0 aromatic carbocycles. The third-order valence-electron chi connectivity index (χ3n) is 6.12. The Morgan fingerprint density at radius 1 is 1.13 bits per heavy atom. The lowest BCUT2D eigenvalue weighted by Gasteiger charge is -2.20. The normalized spacial score (nSPS) is 20.8. The Morgan fingerprint density at radius 3 is 2.63 bits per heavy atom. The lowest BCUT2D eigenvalue weighted by molar-refractivity contribution is -0.129. The highest BCUT2D eigenvalue weighted by Crippen LogP contribution is 2.33. The summed E-state index contributed by atoms with van der Waals surface area (Å²) in [4.78, 5) is 51.3. The molecular formula is C24H42N8O5S. The zero-order valence-corrected chi connectivity index (χ0v) is 23.4. The van der Waals surface area contributed by atoms with Crippen LogP contribution in [-0.2, 0) is 14.3 Å². The van der Waals surface area contributed by atoms with Gasteiger partial charge in [-0.2, -0.15) is 11.8 Å². The number of amides is 5. The predicted octanol–water partition coefficient (Wildman–Crippen LogP) is 2.71. The molecule has 13 nitrogen and oxygen atoms in total. The molecule has 0 aromatic heterocycles. The Balaban J connectivity index is 1.72. The van der Waals surface area contributed by atoms with Gasteiger partial charge in [-0.25, -0.2) is 9.59 Å². The number of ether oxygens (including phenoxy) is 1. The van der Waals surface area contributed by atoms with E-state index in [1.807, 2.05) is 11.8 Å². The quantitative estimate of drug-likeness (QED) is 0.0641. The summed E-state index contributed by atoms with van der Waals surface area (Å²) < 4.78 is 5.21. The maximum Gasteiger partial charge on any atom is 0.407 e. The van der Waals surface area contributed by atoms with E-state index in [0.29, 0.717) is 56.9 Å². The highest BCUT2D eigenvalue weighted by molar-refractivity contribution is 8.00. The first-order valence-corrected chi connectivity index (χ1v) is 14.4. The van der Waals surface area contributed by atoms with Crippen molar-refractivity contribution in [3.05, 3.63) is 10.4 Å². The number of carbonyl (C=O) groups excluding carboxylic acids is 4. The molecule has 0 saturated carbocycles. The highest BCUT2D eigenvalue weighted by Gasteiger charge is 2.42. The van der Waals surface area contributed by atoms with Crippen molar-refractivity contribution < 1.29 is 23.9 Å². The minimum Gasteiger partial charge on any atom is -0.444 e. The summed E-state index contributed by atoms with van der Waals surface area (Å²) >= 11 is 1.85. The largest absolute Gasteiger partial charge is 0.444 e. The molecular weight excluding hydrogens is 512 g/mol. The molecule has 14 heteroatoms. The van der Waals surface area contributed by atoms with Crippen LogP contribution in [0.5, 0.6) is 0 Å². The molecule has 0 aliphatic carbocycles. The molecule has 5 N–H and O–H groups in total. The van der Waals surface area contributed by atoms with Gasteiger partial charge >= 0.3 is 12.1 Å². The third-order valence-corrected chi connectivity index (χ3v) is 7.63. The molecule has 2 aliphatic rings. The molecule has 2 saturated heterocycles. The summed E-state index contributed by atoms with van der Waals surface area (Å²) in [6, 6.07) is -0.453. The van der Waals surface area contributed by atoms with Crippen molar-refractivity contribution in [2.75, 3.05) is 25.4 Å². The second-order valence-corrected chi connectivity index (χ2v) is 11.8. The molecule has 0 unspecified atom stereocenters. The van der Waals surface area contributed by atoms with E-state index < -0.39 is 17.7 Å². The van der Waals surface area contributed by atoms with Crippen LogP contribution in [0.3, 0.4) is 0 Å². The number of azide groups is 1. The first-order chi connectivity index (χ1) is 18.1. The van der Waals surface area contributed by atoms with Crippen LogP contribution in [0.1, 0.15) is 72.1 Å². The van der Waals surface area contributed by atoms with Gasteiger partial charge in [-0.1, -0.05) is 11.5 Å². The standard InChI is InChI=1S/C24H42N8O5S/c1-24(2,3)37-23(36)27-12-7-6-9-16(21(34)26-13-8-14-28-32-25)29-19(33)11-5-4-10-18-20-17(15-38-18)30-22(35)31-20/h16-18,20H,4-15H2,1-3H3,(H,26,34)(H,27,36)(H,29,33)(H2,30,31,35)/t16-,17-,18-,20-/m0/s1. The van der Waals surface area contributed by atoms with Crippen molar-refractivity contribution in [3.63, 3.8) is 0 Å². The number of urea groups is 1. The highest BCUT2D eigenvalue weighted by atomic mass is 32.2. The molecule has 2 rings (SSSR count). The topological polar surface area (TPSA) is 186 Å². The fourth-order valence-corrected chi connectivity index (χ4v) is 5.86. The monoisotopic (exact) mass is 554 g/mol. The van der Waals surface area contributed by atoms with Crippen molar-refractivity contribution >= 4 is 35.7 Å². The van der Waals surface area contributed by atoms with Crippen molar-refractivity contribution in [1.29, 1.82) is 0 Å². The van der Waals surface area contributed by atoms with Crippen LogP contribution in [0.15, 0.2) is 5.11 Å². The number of fused-ring (bicyclic) bond motifs is 1. The number of carbonyl (C=O) groups is 4. The average molecular weight is 555 g/mol. The van der Waals surface area contributed by atoms with Crippen LogP contribution < -0.4 is 26.6 Å². The van der Waals surface area contributed by atoms with E-state index >= 15 is 0 Å². The maximum absolute atomic E-state index is 12.7. The number of hydrogen-bond acceptors (Lipinski definition) is 7. The molecule has 5 amide bonds. The summed E-state index contributed by atoms with van der Waals surface area (Å²) in [7, 11) is 0. The van der Waals surface area contributed by atoms with Gasteiger partial charge in [0.15, 0.2) is 0 Å². The number of hydrogen-bond donors (Lipinski definition) is 5. The van der Waals surface area contributed by atoms with Crippen LogP contribution in [0.4, 0.5) is 9.59 Å². The van der Waals surface area contributed by atoms with Crippen LogP contribution >= 0.6 is 11.8 Å². The summed E-state index contributed by atoms with van der Waals surface area (Å²) in [5.74, 6) is 0.442. The van der Waals surface area contributed by atoms with Gasteiger partial charge in [0.1, 0.15) is 11.6 Å². The van der Waals surface area contributed by atoms with Crippen LogP contribution in [0, 0.1) is 0 Å². The number of nitrogens with one attached hydrogen (secondary N) is 5. The Labute approximate surface area is 228 Å².